The van der Waals surface area contributed by atoms with E-state index in [9.17, 15) is 9.18 Å². The van der Waals surface area contributed by atoms with Gasteiger partial charge in [0.1, 0.15) is 18.2 Å². The number of carboxylic acid groups (broad SMARTS) is 1. The fourth-order valence-electron chi connectivity index (χ4n) is 1.49. The highest BCUT2D eigenvalue weighted by atomic mass is 19.1. The molecule has 4 heteroatoms. The lowest BCUT2D eigenvalue weighted by Gasteiger charge is -2.06. The first-order valence-electron chi connectivity index (χ1n) is 5.36. The van der Waals surface area contributed by atoms with Gasteiger partial charge in [-0.2, -0.15) is 0 Å². The van der Waals surface area contributed by atoms with Crippen LogP contribution in [0, 0.1) is 5.82 Å². The molecule has 1 N–H and O–H groups in total. The van der Waals surface area contributed by atoms with Gasteiger partial charge in [0.2, 0.25) is 0 Å². The Balaban J connectivity index is 2.00. The number of rotatable bonds is 4. The van der Waals surface area contributed by atoms with Gasteiger partial charge in [0.25, 0.3) is 0 Å². The van der Waals surface area contributed by atoms with Gasteiger partial charge in [0.15, 0.2) is 0 Å². The van der Waals surface area contributed by atoms with Crippen molar-refractivity contribution in [3.05, 3.63) is 65.5 Å². The minimum atomic E-state index is -0.980. The monoisotopic (exact) mass is 246 g/mol. The lowest BCUT2D eigenvalue weighted by molar-refractivity contribution is 0.0697. The van der Waals surface area contributed by atoms with E-state index in [0.29, 0.717) is 5.75 Å². The molecule has 0 unspecified atom stereocenters. The lowest BCUT2D eigenvalue weighted by atomic mass is 10.2. The fourth-order valence-corrected chi connectivity index (χ4v) is 1.49. The minimum Gasteiger partial charge on any atom is -0.489 e. The molecular formula is C14H11FO3. The SMILES string of the molecule is O=C(O)c1ccc(OCc2cccc(F)c2)cc1. The van der Waals surface area contributed by atoms with Gasteiger partial charge in [-0.05, 0) is 42.0 Å². The third-order valence-electron chi connectivity index (χ3n) is 2.40. The van der Waals surface area contributed by atoms with Crippen molar-refractivity contribution in [2.24, 2.45) is 0 Å². The zero-order chi connectivity index (χ0) is 13.0. The quantitative estimate of drug-likeness (QED) is 0.901. The van der Waals surface area contributed by atoms with Crippen LogP contribution in [0.4, 0.5) is 4.39 Å². The molecule has 0 atom stereocenters. The number of carboxylic acids is 1. The van der Waals surface area contributed by atoms with E-state index >= 15 is 0 Å². The number of hydrogen-bond donors (Lipinski definition) is 1. The van der Waals surface area contributed by atoms with Gasteiger partial charge in [-0.3, -0.25) is 0 Å². The van der Waals surface area contributed by atoms with E-state index in [0.717, 1.165) is 5.56 Å². The van der Waals surface area contributed by atoms with Crippen molar-refractivity contribution in [3.8, 4) is 5.75 Å². The summed E-state index contributed by atoms with van der Waals surface area (Å²) in [4.78, 5) is 10.6. The van der Waals surface area contributed by atoms with E-state index in [2.05, 4.69) is 0 Å². The molecule has 0 saturated heterocycles. The molecule has 0 aliphatic rings. The van der Waals surface area contributed by atoms with Crippen LogP contribution in [0.1, 0.15) is 15.9 Å². The molecule has 0 spiro atoms. The molecule has 18 heavy (non-hydrogen) atoms. The summed E-state index contributed by atoms with van der Waals surface area (Å²) in [5.74, 6) is -0.742. The number of benzene rings is 2. The van der Waals surface area contributed by atoms with Gasteiger partial charge in [-0.25, -0.2) is 9.18 Å². The Hall–Kier alpha value is -2.36. The summed E-state index contributed by atoms with van der Waals surface area (Å²) in [5, 5.41) is 8.73. The van der Waals surface area contributed by atoms with Crippen molar-refractivity contribution in [1.82, 2.24) is 0 Å². The highest BCUT2D eigenvalue weighted by Gasteiger charge is 2.02. The zero-order valence-electron chi connectivity index (χ0n) is 9.47. The Bertz CT molecular complexity index is 549. The third kappa shape index (κ3) is 3.07. The predicted octanol–water partition coefficient (Wildman–Crippen LogP) is 3.10. The smallest absolute Gasteiger partial charge is 0.335 e. The van der Waals surface area contributed by atoms with Gasteiger partial charge >= 0.3 is 5.97 Å². The molecule has 0 heterocycles. The Morgan fingerprint density at radius 3 is 2.50 bits per heavy atom. The summed E-state index contributed by atoms with van der Waals surface area (Å²) in [6.07, 6.45) is 0. The van der Waals surface area contributed by atoms with Crippen LogP contribution >= 0.6 is 0 Å². The second-order valence-corrected chi connectivity index (χ2v) is 3.75. The van der Waals surface area contributed by atoms with Crippen LogP contribution in [0.3, 0.4) is 0 Å². The number of hydrogen-bond acceptors (Lipinski definition) is 2. The standard InChI is InChI=1S/C14H11FO3/c15-12-3-1-2-10(8-12)9-18-13-6-4-11(5-7-13)14(16)17/h1-8H,9H2,(H,16,17). The van der Waals surface area contributed by atoms with E-state index in [1.54, 1.807) is 24.3 Å². The van der Waals surface area contributed by atoms with Crippen LogP contribution in [0.2, 0.25) is 0 Å². The zero-order valence-corrected chi connectivity index (χ0v) is 9.47. The van der Waals surface area contributed by atoms with Crippen LogP contribution in [-0.4, -0.2) is 11.1 Å². The fraction of sp³-hybridized carbons (Fsp3) is 0.0714. The maximum Gasteiger partial charge on any atom is 0.335 e. The average Bonchev–Trinajstić information content (AvgIpc) is 2.37. The van der Waals surface area contributed by atoms with Crippen LogP contribution < -0.4 is 4.74 Å². The first kappa shape index (κ1) is 12.1. The summed E-state index contributed by atoms with van der Waals surface area (Å²) >= 11 is 0. The third-order valence-corrected chi connectivity index (χ3v) is 2.40. The number of halogens is 1. The van der Waals surface area contributed by atoms with Gasteiger partial charge in [0, 0.05) is 0 Å². The van der Waals surface area contributed by atoms with Crippen molar-refractivity contribution in [1.29, 1.82) is 0 Å². The summed E-state index contributed by atoms with van der Waals surface area (Å²) in [6, 6.07) is 12.2. The second-order valence-electron chi connectivity index (χ2n) is 3.75. The van der Waals surface area contributed by atoms with Gasteiger partial charge in [0.05, 0.1) is 5.56 Å². The maximum absolute atomic E-state index is 12.9. The Kier molecular flexibility index (Phi) is 3.57. The molecular weight excluding hydrogens is 235 g/mol. The number of aromatic carboxylic acids is 1. The molecule has 0 amide bonds. The molecule has 0 fully saturated rings. The van der Waals surface area contributed by atoms with E-state index < -0.39 is 5.97 Å². The van der Waals surface area contributed by atoms with Gasteiger partial charge in [-0.15, -0.1) is 0 Å². The normalized spacial score (nSPS) is 10.1. The molecule has 0 aliphatic carbocycles. The molecule has 0 aliphatic heterocycles. The summed E-state index contributed by atoms with van der Waals surface area (Å²) in [7, 11) is 0. The van der Waals surface area contributed by atoms with E-state index in [4.69, 9.17) is 9.84 Å². The number of ether oxygens (including phenoxy) is 1. The Morgan fingerprint density at radius 1 is 1.17 bits per heavy atom. The highest BCUT2D eigenvalue weighted by Crippen LogP contribution is 2.14. The summed E-state index contributed by atoms with van der Waals surface area (Å²) < 4.78 is 18.3. The highest BCUT2D eigenvalue weighted by molar-refractivity contribution is 5.87. The molecule has 0 aromatic heterocycles. The first-order valence-corrected chi connectivity index (χ1v) is 5.36. The lowest BCUT2D eigenvalue weighted by Crippen LogP contribution is -1.98. The van der Waals surface area contributed by atoms with Crippen LogP contribution in [-0.2, 0) is 6.61 Å². The second kappa shape index (κ2) is 5.31. The van der Waals surface area contributed by atoms with Crippen molar-refractivity contribution < 1.29 is 19.0 Å². The largest absolute Gasteiger partial charge is 0.489 e. The summed E-state index contributed by atoms with van der Waals surface area (Å²) in [5.41, 5.74) is 0.922. The Morgan fingerprint density at radius 2 is 1.89 bits per heavy atom. The molecule has 92 valence electrons. The molecule has 3 nitrogen and oxygen atoms in total. The Labute approximate surface area is 103 Å². The number of carbonyl (C=O) groups is 1. The van der Waals surface area contributed by atoms with Crippen molar-refractivity contribution in [2.75, 3.05) is 0 Å². The van der Waals surface area contributed by atoms with E-state index in [1.807, 2.05) is 0 Å². The minimum absolute atomic E-state index is 0.202. The molecule has 2 aromatic carbocycles. The van der Waals surface area contributed by atoms with Crippen LogP contribution in [0.15, 0.2) is 48.5 Å². The first-order chi connectivity index (χ1) is 8.65. The van der Waals surface area contributed by atoms with E-state index in [-0.39, 0.29) is 18.0 Å². The predicted molar refractivity (Wildman–Crippen MR) is 64.1 cm³/mol. The van der Waals surface area contributed by atoms with Crippen molar-refractivity contribution in [3.63, 3.8) is 0 Å². The molecule has 2 rings (SSSR count). The van der Waals surface area contributed by atoms with Crippen LogP contribution in [0.25, 0.3) is 0 Å². The van der Waals surface area contributed by atoms with Crippen molar-refractivity contribution >= 4 is 5.97 Å². The topological polar surface area (TPSA) is 46.5 Å². The van der Waals surface area contributed by atoms with Gasteiger partial charge in [-0.1, -0.05) is 12.1 Å². The van der Waals surface area contributed by atoms with E-state index in [1.165, 1.54) is 24.3 Å². The molecule has 0 radical (unpaired) electrons. The average molecular weight is 246 g/mol. The van der Waals surface area contributed by atoms with Crippen LogP contribution in [0.5, 0.6) is 5.75 Å². The summed E-state index contributed by atoms with van der Waals surface area (Å²) in [6.45, 7) is 0.240. The van der Waals surface area contributed by atoms with Gasteiger partial charge < -0.3 is 9.84 Å². The van der Waals surface area contributed by atoms with Crippen molar-refractivity contribution in [2.45, 2.75) is 6.61 Å². The molecule has 0 bridgehead atoms. The maximum atomic E-state index is 12.9. The molecule has 2 aromatic rings. The molecule has 0 saturated carbocycles.